The van der Waals surface area contributed by atoms with E-state index in [1.165, 1.54) is 12.1 Å². The first-order valence-electron chi connectivity index (χ1n) is 8.70. The third kappa shape index (κ3) is 5.06. The first-order chi connectivity index (χ1) is 14.6. The number of benzene rings is 2. The highest BCUT2D eigenvalue weighted by molar-refractivity contribution is 9.11. The topological polar surface area (TPSA) is 144 Å². The normalized spacial score (nSPS) is 16.6. The summed E-state index contributed by atoms with van der Waals surface area (Å²) < 4.78 is 28.7. The first kappa shape index (κ1) is 23.2. The Labute approximate surface area is 194 Å². The van der Waals surface area contributed by atoms with Crippen molar-refractivity contribution in [3.8, 4) is 0 Å². The molecule has 1 unspecified atom stereocenters. The number of azo groups is 1. The van der Waals surface area contributed by atoms with Crippen LogP contribution in [-0.4, -0.2) is 38.7 Å². The second-order valence-electron chi connectivity index (χ2n) is 6.09. The SMILES string of the molecule is CCOC(=O)C1=NN(c2ccccc2)C(=O)C1N=Nc1c(Br)cc(S(N)(=O)=O)cc1Br. The van der Waals surface area contributed by atoms with Crippen molar-refractivity contribution in [3.05, 3.63) is 51.4 Å². The largest absolute Gasteiger partial charge is 0.461 e. The van der Waals surface area contributed by atoms with E-state index < -0.39 is 27.9 Å². The second-order valence-corrected chi connectivity index (χ2v) is 9.36. The molecule has 1 aliphatic heterocycles. The summed E-state index contributed by atoms with van der Waals surface area (Å²) in [5.74, 6) is -1.38. The molecule has 0 aromatic heterocycles. The lowest BCUT2D eigenvalue weighted by Crippen LogP contribution is -2.33. The van der Waals surface area contributed by atoms with Gasteiger partial charge in [-0.05, 0) is 63.0 Å². The molecule has 0 bridgehead atoms. The summed E-state index contributed by atoms with van der Waals surface area (Å²) in [6, 6.07) is 9.69. The van der Waals surface area contributed by atoms with Crippen molar-refractivity contribution >= 4 is 70.8 Å². The molecule has 0 aliphatic carbocycles. The Hall–Kier alpha value is -2.48. The van der Waals surface area contributed by atoms with Crippen LogP contribution in [0.5, 0.6) is 0 Å². The van der Waals surface area contributed by atoms with Crippen LogP contribution in [0.15, 0.2) is 71.6 Å². The molecule has 2 aromatic rings. The maximum atomic E-state index is 12.9. The number of carbonyl (C=O) groups is 2. The highest BCUT2D eigenvalue weighted by atomic mass is 79.9. The van der Waals surface area contributed by atoms with E-state index in [1.807, 2.05) is 0 Å². The number of amides is 1. The molecule has 10 nitrogen and oxygen atoms in total. The number of hydrazone groups is 1. The number of ether oxygens (including phenoxy) is 1. The van der Waals surface area contributed by atoms with Gasteiger partial charge in [0.05, 0.1) is 17.2 Å². The van der Waals surface area contributed by atoms with E-state index in [9.17, 15) is 18.0 Å². The zero-order chi connectivity index (χ0) is 22.8. The summed E-state index contributed by atoms with van der Waals surface area (Å²) in [6.07, 6.45) is 0. The van der Waals surface area contributed by atoms with Crippen molar-refractivity contribution in [1.29, 1.82) is 0 Å². The molecule has 3 rings (SSSR count). The molecule has 1 atom stereocenters. The Morgan fingerprint density at radius 1 is 1.23 bits per heavy atom. The average molecular weight is 573 g/mol. The molecule has 1 aliphatic rings. The van der Waals surface area contributed by atoms with Crippen molar-refractivity contribution < 1.29 is 22.7 Å². The minimum absolute atomic E-state index is 0.0906. The predicted octanol–water partition coefficient (Wildman–Crippen LogP) is 3.28. The van der Waals surface area contributed by atoms with Crippen LogP contribution in [0.3, 0.4) is 0 Å². The van der Waals surface area contributed by atoms with Crippen molar-refractivity contribution in [1.82, 2.24) is 0 Å². The van der Waals surface area contributed by atoms with E-state index in [1.54, 1.807) is 37.3 Å². The molecule has 0 spiro atoms. The van der Waals surface area contributed by atoms with Crippen LogP contribution in [0.1, 0.15) is 6.92 Å². The van der Waals surface area contributed by atoms with Gasteiger partial charge >= 0.3 is 5.97 Å². The molecule has 0 radical (unpaired) electrons. The molecule has 1 heterocycles. The Morgan fingerprint density at radius 2 is 1.84 bits per heavy atom. The zero-order valence-electron chi connectivity index (χ0n) is 15.9. The first-order valence-corrected chi connectivity index (χ1v) is 11.8. The molecule has 2 aromatic carbocycles. The van der Waals surface area contributed by atoms with Crippen molar-refractivity contribution in [2.45, 2.75) is 17.9 Å². The van der Waals surface area contributed by atoms with Crippen LogP contribution >= 0.6 is 31.9 Å². The number of primary sulfonamides is 1. The predicted molar refractivity (Wildman–Crippen MR) is 120 cm³/mol. The monoisotopic (exact) mass is 571 g/mol. The number of nitrogens with two attached hydrogens (primary N) is 1. The van der Waals surface area contributed by atoms with Crippen molar-refractivity contribution in [2.75, 3.05) is 11.6 Å². The van der Waals surface area contributed by atoms with Crippen LogP contribution in [0.4, 0.5) is 11.4 Å². The fourth-order valence-corrected chi connectivity index (χ4v) is 4.79. The molecule has 0 fully saturated rings. The van der Waals surface area contributed by atoms with Gasteiger partial charge in [0, 0.05) is 8.95 Å². The van der Waals surface area contributed by atoms with Crippen LogP contribution in [-0.2, 0) is 24.3 Å². The number of hydrogen-bond acceptors (Lipinski definition) is 8. The Kier molecular flexibility index (Phi) is 6.99. The van der Waals surface area contributed by atoms with Gasteiger partial charge in [-0.15, -0.1) is 0 Å². The van der Waals surface area contributed by atoms with Gasteiger partial charge in [-0.2, -0.15) is 20.3 Å². The van der Waals surface area contributed by atoms with Gasteiger partial charge in [0.2, 0.25) is 16.1 Å². The minimum Gasteiger partial charge on any atom is -0.461 e. The average Bonchev–Trinajstić information content (AvgIpc) is 3.04. The molecule has 2 N–H and O–H groups in total. The van der Waals surface area contributed by atoms with Gasteiger partial charge in [-0.1, -0.05) is 18.2 Å². The molecular weight excluding hydrogens is 558 g/mol. The molecule has 162 valence electrons. The Balaban J connectivity index is 1.99. The minimum atomic E-state index is -3.94. The zero-order valence-corrected chi connectivity index (χ0v) is 19.9. The van der Waals surface area contributed by atoms with Crippen LogP contribution < -0.4 is 10.1 Å². The number of para-hydroxylation sites is 1. The number of sulfonamides is 1. The quantitative estimate of drug-likeness (QED) is 0.417. The lowest BCUT2D eigenvalue weighted by atomic mass is 10.2. The van der Waals surface area contributed by atoms with Crippen LogP contribution in [0, 0.1) is 0 Å². The van der Waals surface area contributed by atoms with Crippen LogP contribution in [0.25, 0.3) is 0 Å². The van der Waals surface area contributed by atoms with Crippen molar-refractivity contribution in [2.24, 2.45) is 20.5 Å². The number of nitrogens with zero attached hydrogens (tertiary/aromatic N) is 4. The van der Waals surface area contributed by atoms with Gasteiger partial charge in [0.15, 0.2) is 5.71 Å². The maximum absolute atomic E-state index is 12.9. The molecule has 0 saturated carbocycles. The molecule has 13 heteroatoms. The number of anilines is 1. The van der Waals surface area contributed by atoms with Gasteiger partial charge in [-0.3, -0.25) is 4.79 Å². The lowest BCUT2D eigenvalue weighted by Gasteiger charge is -2.11. The summed E-state index contributed by atoms with van der Waals surface area (Å²) in [6.45, 7) is 1.72. The summed E-state index contributed by atoms with van der Waals surface area (Å²) in [7, 11) is -3.94. The fraction of sp³-hybridized carbons (Fsp3) is 0.167. The summed E-state index contributed by atoms with van der Waals surface area (Å²) in [4.78, 5) is 25.1. The van der Waals surface area contributed by atoms with Gasteiger partial charge in [-0.25, -0.2) is 18.4 Å². The van der Waals surface area contributed by atoms with Crippen molar-refractivity contribution in [3.63, 3.8) is 0 Å². The number of esters is 1. The summed E-state index contributed by atoms with van der Waals surface area (Å²) >= 11 is 6.42. The van der Waals surface area contributed by atoms with Gasteiger partial charge in [0.1, 0.15) is 5.69 Å². The lowest BCUT2D eigenvalue weighted by molar-refractivity contribution is -0.135. The Bertz CT molecular complexity index is 1180. The third-order valence-electron chi connectivity index (χ3n) is 3.99. The fourth-order valence-electron chi connectivity index (χ4n) is 2.58. The second kappa shape index (κ2) is 9.34. The standard InChI is InChI=1S/C18H15Br2N5O5S/c1-2-30-18(27)16-15(17(26)25(24-16)10-6-4-3-5-7-10)23-22-14-12(19)8-11(9-13(14)20)31(21,28)29/h3-9,15H,2H2,1H3,(H2,21,28,29). The highest BCUT2D eigenvalue weighted by Crippen LogP contribution is 2.36. The summed E-state index contributed by atoms with van der Waals surface area (Å²) in [5.41, 5.74) is 0.432. The van der Waals surface area contributed by atoms with E-state index in [0.29, 0.717) is 5.69 Å². The molecule has 1 amide bonds. The maximum Gasteiger partial charge on any atom is 0.357 e. The Morgan fingerprint density at radius 3 is 2.39 bits per heavy atom. The number of halogens is 2. The van der Waals surface area contributed by atoms with E-state index in [2.05, 4.69) is 47.2 Å². The molecule has 0 saturated heterocycles. The highest BCUT2D eigenvalue weighted by Gasteiger charge is 2.41. The van der Waals surface area contributed by atoms with E-state index in [-0.39, 0.29) is 31.8 Å². The summed E-state index contributed by atoms with van der Waals surface area (Å²) in [5, 5.41) is 18.4. The number of rotatable bonds is 6. The van der Waals surface area contributed by atoms with Crippen LogP contribution in [0.2, 0.25) is 0 Å². The number of carbonyl (C=O) groups excluding carboxylic acids is 2. The van der Waals surface area contributed by atoms with E-state index >= 15 is 0 Å². The van der Waals surface area contributed by atoms with Gasteiger partial charge in [0.25, 0.3) is 5.91 Å². The van der Waals surface area contributed by atoms with E-state index in [0.717, 1.165) is 5.01 Å². The van der Waals surface area contributed by atoms with E-state index in [4.69, 9.17) is 9.88 Å². The molecular formula is C18H15Br2N5O5S. The van der Waals surface area contributed by atoms with Gasteiger partial charge < -0.3 is 4.74 Å². The third-order valence-corrected chi connectivity index (χ3v) is 6.09. The smallest absolute Gasteiger partial charge is 0.357 e. The molecule has 31 heavy (non-hydrogen) atoms. The number of hydrogen-bond donors (Lipinski definition) is 1.